The van der Waals surface area contributed by atoms with Crippen LogP contribution in [0.1, 0.15) is 24.8 Å². The predicted octanol–water partition coefficient (Wildman–Crippen LogP) is 1.51. The Balaban J connectivity index is 1.89. The highest BCUT2D eigenvalue weighted by Gasteiger charge is 2.36. The van der Waals surface area contributed by atoms with Gasteiger partial charge < -0.3 is 14.7 Å². The second kappa shape index (κ2) is 9.57. The Morgan fingerprint density at radius 1 is 1.32 bits per heavy atom. The third-order valence-corrected chi connectivity index (χ3v) is 4.55. The summed E-state index contributed by atoms with van der Waals surface area (Å²) in [5.74, 6) is 2.44. The van der Waals surface area contributed by atoms with Gasteiger partial charge in [0.15, 0.2) is 6.10 Å². The van der Waals surface area contributed by atoms with Gasteiger partial charge in [-0.05, 0) is 31.9 Å². The second-order valence-corrected chi connectivity index (χ2v) is 6.73. The number of benzene rings is 1. The van der Waals surface area contributed by atoms with Crippen molar-refractivity contribution in [2.75, 3.05) is 27.2 Å². The van der Waals surface area contributed by atoms with E-state index in [0.29, 0.717) is 19.5 Å². The van der Waals surface area contributed by atoms with Gasteiger partial charge in [0.2, 0.25) is 0 Å². The summed E-state index contributed by atoms with van der Waals surface area (Å²) in [5.41, 5.74) is 1.05. The molecule has 0 spiro atoms. The molecule has 1 amide bonds. The minimum absolute atomic E-state index is 0.0253. The number of aliphatic hydroxyl groups excluding tert-OH is 1. The summed E-state index contributed by atoms with van der Waals surface area (Å²) in [5, 5.41) is 10.2. The summed E-state index contributed by atoms with van der Waals surface area (Å²) in [6.07, 6.45) is 5.90. The zero-order chi connectivity index (χ0) is 18.2. The number of aliphatic hydroxyl groups is 1. The van der Waals surface area contributed by atoms with Crippen LogP contribution in [0.15, 0.2) is 30.3 Å². The van der Waals surface area contributed by atoms with Gasteiger partial charge in [0, 0.05) is 20.1 Å². The molecule has 136 valence electrons. The number of nitrogens with zero attached hydrogens (tertiary/aromatic N) is 2. The lowest BCUT2D eigenvalue weighted by atomic mass is 9.98. The maximum absolute atomic E-state index is 12.7. The third-order valence-electron chi connectivity index (χ3n) is 4.55. The number of amides is 1. The van der Waals surface area contributed by atoms with Gasteiger partial charge in [-0.2, -0.15) is 0 Å². The Labute approximate surface area is 150 Å². The first-order chi connectivity index (χ1) is 12.0. The van der Waals surface area contributed by atoms with E-state index in [9.17, 15) is 9.90 Å². The van der Waals surface area contributed by atoms with Crippen molar-refractivity contribution in [3.8, 4) is 12.3 Å². The van der Waals surface area contributed by atoms with Crippen molar-refractivity contribution in [1.29, 1.82) is 0 Å². The van der Waals surface area contributed by atoms with Crippen molar-refractivity contribution in [3.63, 3.8) is 0 Å². The lowest BCUT2D eigenvalue weighted by Gasteiger charge is -2.35. The van der Waals surface area contributed by atoms with E-state index in [0.717, 1.165) is 24.9 Å². The van der Waals surface area contributed by atoms with Gasteiger partial charge in [0.1, 0.15) is 0 Å². The van der Waals surface area contributed by atoms with E-state index < -0.39 is 12.2 Å². The average molecular weight is 344 g/mol. The van der Waals surface area contributed by atoms with Crippen LogP contribution in [0, 0.1) is 12.3 Å². The van der Waals surface area contributed by atoms with E-state index in [1.165, 1.54) is 0 Å². The fraction of sp³-hybridized carbons (Fsp3) is 0.550. The molecule has 0 saturated carbocycles. The lowest BCUT2D eigenvalue weighted by molar-refractivity contribution is -0.167. The van der Waals surface area contributed by atoms with Crippen LogP contribution in [-0.4, -0.2) is 66.3 Å². The smallest absolute Gasteiger partial charge is 0.254 e. The molecule has 0 aliphatic carbocycles. The molecule has 1 heterocycles. The van der Waals surface area contributed by atoms with Gasteiger partial charge >= 0.3 is 0 Å². The van der Waals surface area contributed by atoms with Crippen LogP contribution in [-0.2, 0) is 16.1 Å². The van der Waals surface area contributed by atoms with Crippen LogP contribution in [0.4, 0.5) is 0 Å². The largest absolute Gasteiger partial charge is 0.390 e. The number of hydrogen-bond acceptors (Lipinski definition) is 4. The Bertz CT molecular complexity index is 584. The Hall–Kier alpha value is -1.87. The number of hydrogen-bond donors (Lipinski definition) is 1. The number of carbonyl (C=O) groups excluding carboxylic acids is 1. The first kappa shape index (κ1) is 19.5. The molecule has 1 N–H and O–H groups in total. The molecule has 3 atom stereocenters. The standard InChI is InChI=1S/C20H28N2O3/c1-4-13-21(2)14-12-17-10-11-18(23)19(25-17)20(24)22(3)15-16-8-6-5-7-9-16/h1,5-9,17-19,23H,10-15H2,2-3H3/t17-,18-,19-/m0/s1. The monoisotopic (exact) mass is 344 g/mol. The van der Waals surface area contributed by atoms with Crippen molar-refractivity contribution in [2.24, 2.45) is 0 Å². The first-order valence-corrected chi connectivity index (χ1v) is 8.75. The molecule has 2 rings (SSSR count). The molecule has 1 fully saturated rings. The van der Waals surface area contributed by atoms with Gasteiger partial charge in [0.05, 0.1) is 18.8 Å². The van der Waals surface area contributed by atoms with E-state index in [-0.39, 0.29) is 12.0 Å². The lowest BCUT2D eigenvalue weighted by Crippen LogP contribution is -2.49. The normalized spacial score (nSPS) is 23.2. The molecule has 1 aromatic rings. The van der Waals surface area contributed by atoms with Crippen LogP contribution in [0.25, 0.3) is 0 Å². The maximum Gasteiger partial charge on any atom is 0.254 e. The highest BCUT2D eigenvalue weighted by atomic mass is 16.5. The molecule has 0 radical (unpaired) electrons. The van der Waals surface area contributed by atoms with E-state index in [1.807, 2.05) is 42.3 Å². The minimum Gasteiger partial charge on any atom is -0.390 e. The summed E-state index contributed by atoms with van der Waals surface area (Å²) in [4.78, 5) is 16.4. The van der Waals surface area contributed by atoms with Crippen molar-refractivity contribution in [1.82, 2.24) is 9.80 Å². The van der Waals surface area contributed by atoms with E-state index in [4.69, 9.17) is 11.2 Å². The minimum atomic E-state index is -0.787. The van der Waals surface area contributed by atoms with Crippen LogP contribution >= 0.6 is 0 Å². The van der Waals surface area contributed by atoms with Crippen LogP contribution < -0.4 is 0 Å². The van der Waals surface area contributed by atoms with Gasteiger partial charge in [-0.15, -0.1) is 6.42 Å². The second-order valence-electron chi connectivity index (χ2n) is 6.73. The van der Waals surface area contributed by atoms with Gasteiger partial charge in [-0.1, -0.05) is 36.3 Å². The molecule has 0 aromatic heterocycles. The summed E-state index contributed by atoms with van der Waals surface area (Å²) in [6, 6.07) is 9.80. The molecule has 5 nitrogen and oxygen atoms in total. The van der Waals surface area contributed by atoms with E-state index >= 15 is 0 Å². The topological polar surface area (TPSA) is 53.0 Å². The number of carbonyl (C=O) groups is 1. The fourth-order valence-electron chi connectivity index (χ4n) is 3.06. The van der Waals surface area contributed by atoms with E-state index in [1.54, 1.807) is 11.9 Å². The molecule has 1 saturated heterocycles. The Morgan fingerprint density at radius 3 is 2.72 bits per heavy atom. The number of ether oxygens (including phenoxy) is 1. The highest BCUT2D eigenvalue weighted by molar-refractivity contribution is 5.81. The zero-order valence-electron chi connectivity index (χ0n) is 15.1. The Morgan fingerprint density at radius 2 is 2.04 bits per heavy atom. The third kappa shape index (κ3) is 5.86. The molecule has 0 bridgehead atoms. The predicted molar refractivity (Wildman–Crippen MR) is 97.8 cm³/mol. The van der Waals surface area contributed by atoms with Gasteiger partial charge in [-0.25, -0.2) is 0 Å². The SMILES string of the molecule is C#CCN(C)CC[C@@H]1CC[C@H](O)[C@@H](C(=O)N(C)Cc2ccccc2)O1. The molecular weight excluding hydrogens is 316 g/mol. The van der Waals surface area contributed by atoms with Crippen molar-refractivity contribution in [3.05, 3.63) is 35.9 Å². The van der Waals surface area contributed by atoms with Gasteiger partial charge in [-0.3, -0.25) is 9.69 Å². The maximum atomic E-state index is 12.7. The average Bonchev–Trinajstić information content (AvgIpc) is 2.61. The highest BCUT2D eigenvalue weighted by Crippen LogP contribution is 2.23. The summed E-state index contributed by atoms with van der Waals surface area (Å²) in [7, 11) is 3.71. The molecule has 1 aliphatic rings. The van der Waals surface area contributed by atoms with Crippen LogP contribution in [0.2, 0.25) is 0 Å². The first-order valence-electron chi connectivity index (χ1n) is 8.75. The molecule has 25 heavy (non-hydrogen) atoms. The van der Waals surface area contributed by atoms with Crippen molar-refractivity contribution >= 4 is 5.91 Å². The molecular formula is C20H28N2O3. The number of rotatable bonds is 7. The zero-order valence-corrected chi connectivity index (χ0v) is 15.1. The molecule has 0 unspecified atom stereocenters. The summed E-state index contributed by atoms with van der Waals surface area (Å²) < 4.78 is 5.93. The Kier molecular flexibility index (Phi) is 7.45. The number of terminal acetylenes is 1. The molecule has 1 aliphatic heterocycles. The van der Waals surface area contributed by atoms with E-state index in [2.05, 4.69) is 5.92 Å². The number of likely N-dealkylation sites (N-methyl/N-ethyl adjacent to an activating group) is 1. The summed E-state index contributed by atoms with van der Waals surface area (Å²) in [6.45, 7) is 1.91. The quantitative estimate of drug-likeness (QED) is 0.762. The van der Waals surface area contributed by atoms with Crippen molar-refractivity contribution in [2.45, 2.75) is 44.1 Å². The van der Waals surface area contributed by atoms with Crippen molar-refractivity contribution < 1.29 is 14.6 Å². The summed E-state index contributed by atoms with van der Waals surface area (Å²) >= 11 is 0. The van der Waals surface area contributed by atoms with Crippen LogP contribution in [0.3, 0.4) is 0 Å². The van der Waals surface area contributed by atoms with Crippen LogP contribution in [0.5, 0.6) is 0 Å². The molecule has 5 heteroatoms. The molecule has 1 aromatic carbocycles. The fourth-order valence-corrected chi connectivity index (χ4v) is 3.06. The van der Waals surface area contributed by atoms with Gasteiger partial charge in [0.25, 0.3) is 5.91 Å².